The van der Waals surface area contributed by atoms with E-state index in [1.807, 2.05) is 72.8 Å². The summed E-state index contributed by atoms with van der Waals surface area (Å²) in [5, 5.41) is 10.3. The Morgan fingerprint density at radius 2 is 1.66 bits per heavy atom. The van der Waals surface area contributed by atoms with Crippen LogP contribution in [0.4, 0.5) is 0 Å². The predicted molar refractivity (Wildman–Crippen MR) is 164 cm³/mol. The summed E-state index contributed by atoms with van der Waals surface area (Å²) in [5.74, 6) is 0.660. The van der Waals surface area contributed by atoms with Gasteiger partial charge in [-0.1, -0.05) is 90.5 Å². The lowest BCUT2D eigenvalue weighted by atomic mass is 10.1. The zero-order valence-electron chi connectivity index (χ0n) is 22.3. The fourth-order valence-corrected chi connectivity index (χ4v) is 5.54. The molecule has 1 fully saturated rings. The quantitative estimate of drug-likeness (QED) is 0.192. The Labute approximate surface area is 248 Å². The van der Waals surface area contributed by atoms with Crippen LogP contribution in [-0.2, 0) is 24.5 Å². The zero-order chi connectivity index (χ0) is 28.6. The molecule has 0 radical (unpaired) electrons. The first kappa shape index (κ1) is 28.0. The standard InChI is InChI=1S/C33H26ClN3O3S/c1-39-29-17-25(16-28(34)31(29)40-22-27-15-9-8-14-26(27)19-35)18-30-32(38)37(21-24-12-6-3-7-13-24)33(41-30)36-20-23-10-4-2-5-11-23/h2-18H,20-22H2,1H3/b30-18-,36-33?. The Bertz CT molecular complexity index is 1650. The van der Waals surface area contributed by atoms with Gasteiger partial charge in [0.1, 0.15) is 6.61 Å². The van der Waals surface area contributed by atoms with Gasteiger partial charge in [0, 0.05) is 5.56 Å². The van der Waals surface area contributed by atoms with Crippen LogP contribution in [0.2, 0.25) is 5.02 Å². The molecule has 1 aliphatic heterocycles. The van der Waals surface area contributed by atoms with E-state index in [9.17, 15) is 10.1 Å². The SMILES string of the molecule is COc1cc(/C=C2\SC(=NCc3ccccc3)N(Cc3ccccc3)C2=O)cc(Cl)c1OCc1ccccc1C#N. The second-order valence-electron chi connectivity index (χ2n) is 9.16. The van der Waals surface area contributed by atoms with Gasteiger partial charge < -0.3 is 9.47 Å². The number of hydrogen-bond donors (Lipinski definition) is 0. The molecule has 204 valence electrons. The minimum absolute atomic E-state index is 0.130. The lowest BCUT2D eigenvalue weighted by Crippen LogP contribution is -2.28. The fraction of sp³-hybridized carbons (Fsp3) is 0.121. The Kier molecular flexibility index (Phi) is 9.05. The van der Waals surface area contributed by atoms with Crippen LogP contribution in [0.5, 0.6) is 11.5 Å². The van der Waals surface area contributed by atoms with E-state index in [0.717, 1.165) is 16.7 Å². The molecule has 0 aromatic heterocycles. The predicted octanol–water partition coefficient (Wildman–Crippen LogP) is 7.47. The van der Waals surface area contributed by atoms with E-state index in [4.69, 9.17) is 26.1 Å². The summed E-state index contributed by atoms with van der Waals surface area (Å²) >= 11 is 7.97. The van der Waals surface area contributed by atoms with Crippen molar-refractivity contribution >= 4 is 40.5 Å². The minimum atomic E-state index is -0.130. The van der Waals surface area contributed by atoms with Crippen molar-refractivity contribution in [2.45, 2.75) is 19.7 Å². The number of amides is 1. The molecule has 0 spiro atoms. The molecule has 0 aliphatic carbocycles. The highest BCUT2D eigenvalue weighted by Gasteiger charge is 2.33. The molecule has 41 heavy (non-hydrogen) atoms. The molecule has 1 heterocycles. The average Bonchev–Trinajstić information content (AvgIpc) is 3.29. The largest absolute Gasteiger partial charge is 0.493 e. The Balaban J connectivity index is 1.41. The number of methoxy groups -OCH3 is 1. The van der Waals surface area contributed by atoms with Crippen LogP contribution in [0.25, 0.3) is 6.08 Å². The number of amidine groups is 1. The Hall–Kier alpha value is -4.51. The van der Waals surface area contributed by atoms with Gasteiger partial charge in [-0.15, -0.1) is 0 Å². The first-order chi connectivity index (χ1) is 20.1. The van der Waals surface area contributed by atoms with Crippen molar-refractivity contribution in [1.29, 1.82) is 5.26 Å². The van der Waals surface area contributed by atoms with E-state index >= 15 is 0 Å². The molecule has 0 bridgehead atoms. The van der Waals surface area contributed by atoms with E-state index < -0.39 is 0 Å². The van der Waals surface area contributed by atoms with E-state index in [1.54, 1.807) is 35.2 Å². The molecule has 0 saturated carbocycles. The van der Waals surface area contributed by atoms with Crippen LogP contribution < -0.4 is 9.47 Å². The molecule has 1 saturated heterocycles. The second-order valence-corrected chi connectivity index (χ2v) is 10.6. The van der Waals surface area contributed by atoms with Gasteiger partial charge in [0.15, 0.2) is 16.7 Å². The minimum Gasteiger partial charge on any atom is -0.493 e. The topological polar surface area (TPSA) is 74.9 Å². The van der Waals surface area contributed by atoms with Crippen LogP contribution in [0.3, 0.4) is 0 Å². The van der Waals surface area contributed by atoms with Crippen molar-refractivity contribution < 1.29 is 14.3 Å². The number of aliphatic imine (C=N–C) groups is 1. The number of nitrogens with zero attached hydrogens (tertiary/aromatic N) is 3. The summed E-state index contributed by atoms with van der Waals surface area (Å²) < 4.78 is 11.6. The number of benzene rings is 4. The van der Waals surface area contributed by atoms with Gasteiger partial charge in [0.2, 0.25) is 0 Å². The van der Waals surface area contributed by atoms with E-state index in [2.05, 4.69) is 6.07 Å². The highest BCUT2D eigenvalue weighted by molar-refractivity contribution is 8.18. The van der Waals surface area contributed by atoms with Crippen molar-refractivity contribution in [3.8, 4) is 17.6 Å². The molecular weight excluding hydrogens is 554 g/mol. The molecule has 0 N–H and O–H groups in total. The van der Waals surface area contributed by atoms with Crippen molar-refractivity contribution in [3.63, 3.8) is 0 Å². The third-order valence-corrected chi connectivity index (χ3v) is 7.70. The molecule has 8 heteroatoms. The van der Waals surface area contributed by atoms with Gasteiger partial charge in [-0.3, -0.25) is 14.7 Å². The third kappa shape index (κ3) is 6.80. The number of carbonyl (C=O) groups excluding carboxylic acids is 1. The zero-order valence-corrected chi connectivity index (χ0v) is 23.9. The van der Waals surface area contributed by atoms with Gasteiger partial charge in [-0.05, 0) is 52.7 Å². The summed E-state index contributed by atoms with van der Waals surface area (Å²) in [6.07, 6.45) is 1.79. The van der Waals surface area contributed by atoms with Crippen molar-refractivity contribution in [1.82, 2.24) is 4.90 Å². The monoisotopic (exact) mass is 579 g/mol. The van der Waals surface area contributed by atoms with Gasteiger partial charge in [-0.2, -0.15) is 5.26 Å². The molecule has 0 atom stereocenters. The highest BCUT2D eigenvalue weighted by Crippen LogP contribution is 2.40. The normalized spacial score (nSPS) is 14.9. The third-order valence-electron chi connectivity index (χ3n) is 6.37. The molecule has 1 amide bonds. The lowest BCUT2D eigenvalue weighted by Gasteiger charge is -2.16. The maximum absolute atomic E-state index is 13.6. The van der Waals surface area contributed by atoms with Crippen molar-refractivity contribution in [3.05, 3.63) is 135 Å². The van der Waals surface area contributed by atoms with Crippen LogP contribution >= 0.6 is 23.4 Å². The summed E-state index contributed by atoms with van der Waals surface area (Å²) in [5.41, 5.74) is 4.05. The van der Waals surface area contributed by atoms with Gasteiger partial charge in [0.05, 0.1) is 41.8 Å². The second kappa shape index (κ2) is 13.2. The van der Waals surface area contributed by atoms with E-state index in [0.29, 0.717) is 50.8 Å². The average molecular weight is 580 g/mol. The maximum Gasteiger partial charge on any atom is 0.267 e. The molecule has 4 aromatic rings. The molecule has 0 unspecified atom stereocenters. The van der Waals surface area contributed by atoms with Gasteiger partial charge >= 0.3 is 0 Å². The number of ether oxygens (including phenoxy) is 2. The Morgan fingerprint density at radius 1 is 0.976 bits per heavy atom. The summed E-state index contributed by atoms with van der Waals surface area (Å²) in [4.78, 5) is 20.6. The summed E-state index contributed by atoms with van der Waals surface area (Å²) in [7, 11) is 1.53. The van der Waals surface area contributed by atoms with E-state index in [1.165, 1.54) is 18.9 Å². The van der Waals surface area contributed by atoms with Gasteiger partial charge in [-0.25, -0.2) is 0 Å². The number of carbonyl (C=O) groups is 1. The Morgan fingerprint density at radius 3 is 2.37 bits per heavy atom. The number of nitriles is 1. The fourth-order valence-electron chi connectivity index (χ4n) is 4.29. The first-order valence-corrected chi connectivity index (χ1v) is 14.1. The van der Waals surface area contributed by atoms with Crippen LogP contribution in [0.15, 0.2) is 107 Å². The highest BCUT2D eigenvalue weighted by atomic mass is 35.5. The lowest BCUT2D eigenvalue weighted by molar-refractivity contribution is -0.122. The number of rotatable bonds is 9. The summed E-state index contributed by atoms with van der Waals surface area (Å²) in [6.45, 7) is 1.04. The maximum atomic E-state index is 13.6. The molecule has 5 rings (SSSR count). The van der Waals surface area contributed by atoms with Crippen LogP contribution in [0.1, 0.15) is 27.8 Å². The number of hydrogen-bond acceptors (Lipinski definition) is 6. The van der Waals surface area contributed by atoms with E-state index in [-0.39, 0.29) is 12.5 Å². The molecule has 4 aromatic carbocycles. The molecule has 6 nitrogen and oxygen atoms in total. The first-order valence-electron chi connectivity index (χ1n) is 12.9. The smallest absolute Gasteiger partial charge is 0.267 e. The molecular formula is C33H26ClN3O3S. The molecule has 1 aliphatic rings. The number of halogens is 1. The van der Waals surface area contributed by atoms with Crippen molar-refractivity contribution in [2.24, 2.45) is 4.99 Å². The van der Waals surface area contributed by atoms with Crippen molar-refractivity contribution in [2.75, 3.05) is 7.11 Å². The summed E-state index contributed by atoms with van der Waals surface area (Å²) in [6, 6.07) is 32.7. The van der Waals surface area contributed by atoms with Gasteiger partial charge in [0.25, 0.3) is 5.91 Å². The van der Waals surface area contributed by atoms with Crippen LogP contribution in [-0.4, -0.2) is 23.1 Å². The van der Waals surface area contributed by atoms with Crippen LogP contribution in [0, 0.1) is 11.3 Å². The number of thioether (sulfide) groups is 1.